The molecule has 6 heteroatoms. The average Bonchev–Trinajstić information content (AvgIpc) is 2.90. The summed E-state index contributed by atoms with van der Waals surface area (Å²) in [7, 11) is 3.82. The molecule has 1 heterocycles. The molecule has 1 atom stereocenters. The lowest BCUT2D eigenvalue weighted by Gasteiger charge is -2.27. The summed E-state index contributed by atoms with van der Waals surface area (Å²) >= 11 is 6.05. The van der Waals surface area contributed by atoms with Crippen molar-refractivity contribution in [1.29, 1.82) is 0 Å². The van der Waals surface area contributed by atoms with Crippen molar-refractivity contribution in [3.63, 3.8) is 0 Å². The third kappa shape index (κ3) is 3.81. The molecule has 5 nitrogen and oxygen atoms in total. The Hall–Kier alpha value is -2.63. The number of likely N-dealkylation sites (tertiary alicyclic amines) is 1. The van der Waals surface area contributed by atoms with Crippen molar-refractivity contribution in [2.45, 2.75) is 13.0 Å². The minimum Gasteiger partial charge on any atom is -0.507 e. The van der Waals surface area contributed by atoms with E-state index in [9.17, 15) is 14.7 Å². The number of nitrogens with zero attached hydrogens (tertiary/aromatic N) is 2. The second-order valence-electron chi connectivity index (χ2n) is 7.16. The Balaban J connectivity index is 2.18. The summed E-state index contributed by atoms with van der Waals surface area (Å²) in [4.78, 5) is 29.2. The van der Waals surface area contributed by atoms with E-state index in [1.807, 2.05) is 50.2 Å². The molecule has 2 aromatic rings. The van der Waals surface area contributed by atoms with Crippen molar-refractivity contribution in [3.05, 3.63) is 75.8 Å². The number of aliphatic hydroxyl groups is 1. The largest absolute Gasteiger partial charge is 0.507 e. The summed E-state index contributed by atoms with van der Waals surface area (Å²) in [5.74, 6) is -1.48. The second-order valence-corrected chi connectivity index (χ2v) is 7.60. The third-order valence-corrected chi connectivity index (χ3v) is 5.14. The van der Waals surface area contributed by atoms with Crippen molar-refractivity contribution < 1.29 is 14.7 Å². The van der Waals surface area contributed by atoms with Crippen LogP contribution < -0.4 is 0 Å². The minimum atomic E-state index is -0.676. The smallest absolute Gasteiger partial charge is 0.295 e. The number of ketones is 1. The Morgan fingerprint density at radius 3 is 2.50 bits per heavy atom. The van der Waals surface area contributed by atoms with E-state index in [0.29, 0.717) is 23.7 Å². The molecular formula is C22H23ClN2O3. The molecule has 0 saturated carbocycles. The van der Waals surface area contributed by atoms with E-state index in [2.05, 4.69) is 0 Å². The van der Waals surface area contributed by atoms with Crippen molar-refractivity contribution in [2.24, 2.45) is 0 Å². The highest BCUT2D eigenvalue weighted by Crippen LogP contribution is 2.40. The number of aliphatic hydroxyl groups excluding tert-OH is 1. The molecule has 1 aliphatic rings. The molecule has 0 spiro atoms. The quantitative estimate of drug-likeness (QED) is 0.474. The van der Waals surface area contributed by atoms with Crippen LogP contribution in [0.3, 0.4) is 0 Å². The first kappa shape index (κ1) is 20.1. The minimum absolute atomic E-state index is 0.0975. The van der Waals surface area contributed by atoms with Crippen LogP contribution in [-0.2, 0) is 9.59 Å². The van der Waals surface area contributed by atoms with Crippen LogP contribution in [-0.4, -0.2) is 53.8 Å². The number of benzene rings is 2. The van der Waals surface area contributed by atoms with Gasteiger partial charge >= 0.3 is 0 Å². The number of halogens is 1. The standard InChI is InChI=1S/C22H23ClN2O3/c1-14-7-4-5-10-17(14)19-18(20(26)15-8-6-9-16(23)13-15)21(27)22(28)25(19)12-11-24(2)3/h4-10,13,19,26H,11-12H2,1-3H3/b20-18+. The van der Waals surface area contributed by atoms with E-state index < -0.39 is 17.7 Å². The topological polar surface area (TPSA) is 60.9 Å². The number of likely N-dealkylation sites (N-methyl/N-ethyl adjacent to an activating group) is 1. The van der Waals surface area contributed by atoms with Gasteiger partial charge in [-0.25, -0.2) is 0 Å². The zero-order chi connectivity index (χ0) is 20.4. The van der Waals surface area contributed by atoms with E-state index in [1.54, 1.807) is 29.2 Å². The van der Waals surface area contributed by atoms with Gasteiger partial charge in [0.15, 0.2) is 0 Å². The lowest BCUT2D eigenvalue weighted by molar-refractivity contribution is -0.140. The van der Waals surface area contributed by atoms with Gasteiger partial charge < -0.3 is 14.9 Å². The molecule has 1 amide bonds. The number of carbonyl (C=O) groups is 2. The molecule has 28 heavy (non-hydrogen) atoms. The summed E-state index contributed by atoms with van der Waals surface area (Å²) in [6.07, 6.45) is 0. The van der Waals surface area contributed by atoms with Crippen LogP contribution in [0.1, 0.15) is 22.7 Å². The van der Waals surface area contributed by atoms with Crippen molar-refractivity contribution >= 4 is 29.1 Å². The van der Waals surface area contributed by atoms with Crippen molar-refractivity contribution in [1.82, 2.24) is 9.80 Å². The van der Waals surface area contributed by atoms with Crippen molar-refractivity contribution in [2.75, 3.05) is 27.2 Å². The summed E-state index contributed by atoms with van der Waals surface area (Å²) in [6, 6.07) is 13.6. The molecule has 1 unspecified atom stereocenters. The molecule has 0 bridgehead atoms. The normalized spacial score (nSPS) is 18.9. The number of amides is 1. The Morgan fingerprint density at radius 2 is 1.86 bits per heavy atom. The lowest BCUT2D eigenvalue weighted by Crippen LogP contribution is -2.35. The van der Waals surface area contributed by atoms with Gasteiger partial charge in [0, 0.05) is 23.7 Å². The molecule has 1 fully saturated rings. The fraction of sp³-hybridized carbons (Fsp3) is 0.273. The van der Waals surface area contributed by atoms with Crippen molar-refractivity contribution in [3.8, 4) is 0 Å². The van der Waals surface area contributed by atoms with Gasteiger partial charge in [0.2, 0.25) is 0 Å². The Bertz CT molecular complexity index is 952. The predicted octanol–water partition coefficient (Wildman–Crippen LogP) is 3.63. The number of hydrogen-bond donors (Lipinski definition) is 1. The van der Waals surface area contributed by atoms with E-state index >= 15 is 0 Å². The van der Waals surface area contributed by atoms with Gasteiger partial charge in [-0.2, -0.15) is 0 Å². The summed E-state index contributed by atoms with van der Waals surface area (Å²) < 4.78 is 0. The number of Topliss-reactive ketones (excluding diaryl/α,β-unsaturated/α-hetero) is 1. The maximum atomic E-state index is 12.9. The average molecular weight is 399 g/mol. The summed E-state index contributed by atoms with van der Waals surface area (Å²) in [5, 5.41) is 11.4. The van der Waals surface area contributed by atoms with Gasteiger partial charge in [0.25, 0.3) is 11.7 Å². The molecule has 1 N–H and O–H groups in total. The first-order valence-electron chi connectivity index (χ1n) is 9.06. The maximum Gasteiger partial charge on any atom is 0.295 e. The SMILES string of the molecule is Cc1ccccc1C1/C(=C(\O)c2cccc(Cl)c2)C(=O)C(=O)N1CCN(C)C. The fourth-order valence-corrected chi connectivity index (χ4v) is 3.62. The lowest BCUT2D eigenvalue weighted by atomic mass is 9.92. The van der Waals surface area contributed by atoms with Crippen LogP contribution in [0.4, 0.5) is 0 Å². The molecule has 0 aliphatic carbocycles. The highest BCUT2D eigenvalue weighted by Gasteiger charge is 2.46. The number of carbonyl (C=O) groups excluding carboxylic acids is 2. The maximum absolute atomic E-state index is 12.9. The first-order valence-corrected chi connectivity index (χ1v) is 9.43. The van der Waals surface area contributed by atoms with Crippen LogP contribution in [0.5, 0.6) is 0 Å². The summed E-state index contributed by atoms with van der Waals surface area (Å²) in [5.41, 5.74) is 2.28. The Kier molecular flexibility index (Phi) is 5.87. The van der Waals surface area contributed by atoms with Crippen LogP contribution in [0.25, 0.3) is 5.76 Å². The Labute approximate surface area is 169 Å². The van der Waals surface area contributed by atoms with Gasteiger partial charge in [-0.3, -0.25) is 9.59 Å². The molecule has 0 radical (unpaired) electrons. The second kappa shape index (κ2) is 8.17. The highest BCUT2D eigenvalue weighted by atomic mass is 35.5. The number of rotatable bonds is 5. The van der Waals surface area contributed by atoms with Gasteiger partial charge in [0.1, 0.15) is 5.76 Å². The monoisotopic (exact) mass is 398 g/mol. The molecule has 3 rings (SSSR count). The van der Waals surface area contributed by atoms with E-state index in [0.717, 1.165) is 11.1 Å². The molecule has 2 aromatic carbocycles. The highest BCUT2D eigenvalue weighted by molar-refractivity contribution is 6.46. The van der Waals surface area contributed by atoms with Gasteiger partial charge in [-0.15, -0.1) is 0 Å². The van der Waals surface area contributed by atoms with E-state index in [-0.39, 0.29) is 11.3 Å². The van der Waals surface area contributed by atoms with E-state index in [1.165, 1.54) is 0 Å². The van der Waals surface area contributed by atoms with E-state index in [4.69, 9.17) is 11.6 Å². The predicted molar refractivity (Wildman–Crippen MR) is 110 cm³/mol. The Morgan fingerprint density at radius 1 is 1.14 bits per heavy atom. The number of aryl methyl sites for hydroxylation is 1. The van der Waals surface area contributed by atoms with Crippen LogP contribution in [0.15, 0.2) is 54.1 Å². The van der Waals surface area contributed by atoms with Gasteiger partial charge in [0.05, 0.1) is 11.6 Å². The molecule has 146 valence electrons. The molecular weight excluding hydrogens is 376 g/mol. The van der Waals surface area contributed by atoms with Gasteiger partial charge in [-0.05, 0) is 44.3 Å². The third-order valence-electron chi connectivity index (χ3n) is 4.91. The van der Waals surface area contributed by atoms with Crippen LogP contribution >= 0.6 is 11.6 Å². The van der Waals surface area contributed by atoms with Crippen LogP contribution in [0.2, 0.25) is 5.02 Å². The summed E-state index contributed by atoms with van der Waals surface area (Å²) in [6.45, 7) is 2.91. The zero-order valence-corrected chi connectivity index (χ0v) is 16.9. The van der Waals surface area contributed by atoms with Crippen LogP contribution in [0, 0.1) is 6.92 Å². The molecule has 1 saturated heterocycles. The zero-order valence-electron chi connectivity index (χ0n) is 16.1. The van der Waals surface area contributed by atoms with Gasteiger partial charge in [-0.1, -0.05) is 48.0 Å². The fourth-order valence-electron chi connectivity index (χ4n) is 3.43. The molecule has 1 aliphatic heterocycles. The molecule has 0 aromatic heterocycles. The number of hydrogen-bond acceptors (Lipinski definition) is 4. The first-order chi connectivity index (χ1) is 13.3.